The van der Waals surface area contributed by atoms with E-state index in [1.165, 1.54) is 0 Å². The Morgan fingerprint density at radius 3 is 1.58 bits per heavy atom. The van der Waals surface area contributed by atoms with E-state index < -0.39 is 21.8 Å². The predicted molar refractivity (Wildman–Crippen MR) is 40.5 cm³/mol. The minimum atomic E-state index is -1.48. The summed E-state index contributed by atoms with van der Waals surface area (Å²) >= 11 is 9.97. The summed E-state index contributed by atoms with van der Waals surface area (Å²) in [4.78, 5) is 31.8. The lowest BCUT2D eigenvalue weighted by Gasteiger charge is -2.07. The summed E-state index contributed by atoms with van der Waals surface area (Å²) in [6.07, 6.45) is 0. The van der Waals surface area contributed by atoms with E-state index in [0.29, 0.717) is 0 Å². The third-order valence-corrected chi connectivity index (χ3v) is 1.60. The van der Waals surface area contributed by atoms with Crippen LogP contribution in [0.3, 0.4) is 0 Å². The van der Waals surface area contributed by atoms with Crippen molar-refractivity contribution in [2.45, 2.75) is 0 Å². The van der Waals surface area contributed by atoms with Crippen LogP contribution in [0.4, 0.5) is 0 Å². The molecule has 0 atom stereocenters. The quantitative estimate of drug-likeness (QED) is 0.525. The third-order valence-electron chi connectivity index (χ3n) is 1.02. The van der Waals surface area contributed by atoms with E-state index >= 15 is 0 Å². The summed E-state index contributed by atoms with van der Waals surface area (Å²) in [5.74, 6) is 0. The number of rotatable bonds is 0. The van der Waals surface area contributed by atoms with Crippen molar-refractivity contribution in [2.75, 3.05) is 0 Å². The zero-order valence-electron chi connectivity index (χ0n) is 5.23. The lowest BCUT2D eigenvalue weighted by molar-refractivity contribution is 0.727. The van der Waals surface area contributed by atoms with Crippen molar-refractivity contribution in [3.8, 4) is 0 Å². The topological polar surface area (TPSA) is 89.1 Å². The highest BCUT2D eigenvalue weighted by atomic mass is 35.5. The van der Waals surface area contributed by atoms with Gasteiger partial charge in [-0.3, -0.25) is 4.73 Å². The van der Waals surface area contributed by atoms with Gasteiger partial charge in [0.25, 0.3) is 0 Å². The second-order valence-electron chi connectivity index (χ2n) is 1.70. The van der Waals surface area contributed by atoms with Gasteiger partial charge in [-0.15, -0.1) is 8.17 Å². The first-order valence-electron chi connectivity index (χ1n) is 2.47. The van der Waals surface area contributed by atoms with E-state index in [0.717, 1.165) is 0 Å². The van der Waals surface area contributed by atoms with E-state index in [-0.39, 0.29) is 8.17 Å². The molecule has 12 heavy (non-hydrogen) atoms. The van der Waals surface area contributed by atoms with Gasteiger partial charge >= 0.3 is 17.1 Å². The molecule has 1 rings (SSSR count). The summed E-state index contributed by atoms with van der Waals surface area (Å²) in [5.41, 5.74) is -4.24. The molecular weight excluding hydrogens is 213 g/mol. The van der Waals surface area contributed by atoms with E-state index in [9.17, 15) is 19.6 Å². The Hall–Kier alpha value is -1.21. The molecule has 1 aromatic rings. The van der Waals surface area contributed by atoms with E-state index in [1.54, 1.807) is 0 Å². The molecule has 0 saturated carbocycles. The minimum Gasteiger partial charge on any atom is -0.799 e. The van der Waals surface area contributed by atoms with Gasteiger partial charge in [-0.2, -0.15) is 0 Å². The zero-order valence-corrected chi connectivity index (χ0v) is 6.74. The van der Waals surface area contributed by atoms with Gasteiger partial charge in [-0.25, -0.2) is 14.4 Å². The second kappa shape index (κ2) is 2.68. The fourth-order valence-corrected chi connectivity index (χ4v) is 0.809. The number of nitrogens with zero attached hydrogens (tertiary/aromatic N) is 3. The number of halogens is 2. The van der Waals surface area contributed by atoms with Gasteiger partial charge in [-0.1, -0.05) is 0 Å². The molecule has 0 radical (unpaired) electrons. The second-order valence-corrected chi connectivity index (χ2v) is 2.38. The van der Waals surface area contributed by atoms with Gasteiger partial charge in [0.15, 0.2) is 0 Å². The van der Waals surface area contributed by atoms with Crippen LogP contribution in [0.2, 0.25) is 0 Å². The molecule has 0 aliphatic carbocycles. The van der Waals surface area contributed by atoms with Gasteiger partial charge in [0.1, 0.15) is 0 Å². The van der Waals surface area contributed by atoms with Crippen LogP contribution in [0.25, 0.3) is 0 Å². The fraction of sp³-hybridized carbons (Fsp3) is 0. The molecular formula is C3Cl2N3O4-. The molecule has 7 nitrogen and oxygen atoms in total. The highest BCUT2D eigenvalue weighted by molar-refractivity contribution is 6.17. The number of hydrogen-bond donors (Lipinski definition) is 0. The molecule has 0 aliphatic heterocycles. The van der Waals surface area contributed by atoms with Crippen LogP contribution in [-0.4, -0.2) is 12.9 Å². The smallest absolute Gasteiger partial charge is 0.366 e. The molecule has 0 aromatic carbocycles. The van der Waals surface area contributed by atoms with Gasteiger partial charge in [0.05, 0.1) is 0 Å². The summed E-state index contributed by atoms with van der Waals surface area (Å²) in [6.45, 7) is 0. The van der Waals surface area contributed by atoms with Crippen molar-refractivity contribution in [1.82, 2.24) is 12.9 Å². The van der Waals surface area contributed by atoms with Crippen molar-refractivity contribution in [1.29, 1.82) is 0 Å². The standard InChI is InChI=1S/C3Cl2N3O4/c4-6-1(9)7(5)3(11)8(12)2(6)10/q-1. The Bertz CT molecular complexity index is 380. The van der Waals surface area contributed by atoms with E-state index in [4.69, 9.17) is 23.6 Å². The first-order chi connectivity index (χ1) is 5.46. The van der Waals surface area contributed by atoms with Crippen LogP contribution in [-0.2, 0) is 0 Å². The maximum Gasteiger partial charge on any atom is 0.366 e. The Morgan fingerprint density at radius 2 is 1.25 bits per heavy atom. The van der Waals surface area contributed by atoms with Crippen molar-refractivity contribution >= 4 is 23.6 Å². The normalized spacial score (nSPS) is 10.2. The van der Waals surface area contributed by atoms with Crippen molar-refractivity contribution in [2.24, 2.45) is 0 Å². The molecule has 1 aromatic heterocycles. The first kappa shape index (κ1) is 8.88. The van der Waals surface area contributed by atoms with Crippen LogP contribution in [0.1, 0.15) is 0 Å². The van der Waals surface area contributed by atoms with E-state index in [1.807, 2.05) is 0 Å². The Morgan fingerprint density at radius 1 is 0.917 bits per heavy atom. The van der Waals surface area contributed by atoms with Crippen LogP contribution in [0, 0.1) is 5.21 Å². The van der Waals surface area contributed by atoms with Gasteiger partial charge in [-0.05, 0) is 0 Å². The molecule has 9 heteroatoms. The highest BCUT2D eigenvalue weighted by Crippen LogP contribution is 1.74. The molecule has 0 amide bonds. The summed E-state index contributed by atoms with van der Waals surface area (Å²) in [6, 6.07) is 0. The van der Waals surface area contributed by atoms with Crippen molar-refractivity contribution in [3.63, 3.8) is 0 Å². The summed E-state index contributed by atoms with van der Waals surface area (Å²) in [7, 11) is 0. The maximum atomic E-state index is 10.7. The van der Waals surface area contributed by atoms with Gasteiger partial charge in [0.2, 0.25) is 0 Å². The highest BCUT2D eigenvalue weighted by Gasteiger charge is 2.06. The van der Waals surface area contributed by atoms with Gasteiger partial charge < -0.3 is 5.21 Å². The lowest BCUT2D eigenvalue weighted by atomic mass is 11.0. The largest absolute Gasteiger partial charge is 0.799 e. The SMILES string of the molecule is O=c1n([O-])c(=O)n(Cl)c(=O)n1Cl. The van der Waals surface area contributed by atoms with Crippen LogP contribution in [0.5, 0.6) is 0 Å². The first-order valence-corrected chi connectivity index (χ1v) is 3.15. The summed E-state index contributed by atoms with van der Waals surface area (Å²) < 4.78 is -0.829. The molecule has 0 unspecified atom stereocenters. The molecule has 66 valence electrons. The molecule has 0 fully saturated rings. The third kappa shape index (κ3) is 1.03. The predicted octanol–water partition coefficient (Wildman–Crippen LogP) is -1.48. The van der Waals surface area contributed by atoms with Crippen molar-refractivity contribution in [3.05, 3.63) is 36.7 Å². The number of aromatic nitrogens is 3. The average molecular weight is 213 g/mol. The van der Waals surface area contributed by atoms with E-state index in [2.05, 4.69) is 0 Å². The zero-order chi connectivity index (χ0) is 9.46. The monoisotopic (exact) mass is 212 g/mol. The molecule has 0 N–H and O–H groups in total. The Balaban J connectivity index is 4.00. The van der Waals surface area contributed by atoms with Crippen LogP contribution in [0.15, 0.2) is 14.4 Å². The molecule has 0 bridgehead atoms. The fourth-order valence-electron chi connectivity index (χ4n) is 0.482. The van der Waals surface area contributed by atoms with Crippen LogP contribution >= 0.6 is 23.6 Å². The number of hydrogen-bond acceptors (Lipinski definition) is 4. The molecule has 0 aliphatic rings. The Kier molecular flexibility index (Phi) is 1.99. The summed E-state index contributed by atoms with van der Waals surface area (Å²) in [5, 5.41) is 10.5. The molecule has 1 heterocycles. The minimum absolute atomic E-state index is 0.0958. The molecule has 0 spiro atoms. The van der Waals surface area contributed by atoms with Gasteiger partial charge in [0, 0.05) is 23.6 Å². The Labute approximate surface area is 73.8 Å². The van der Waals surface area contributed by atoms with Crippen molar-refractivity contribution < 1.29 is 0 Å². The average Bonchev–Trinajstić information content (AvgIpc) is 2.08. The lowest BCUT2D eigenvalue weighted by Crippen LogP contribution is -2.48. The molecule has 0 saturated heterocycles. The maximum absolute atomic E-state index is 10.7. The van der Waals surface area contributed by atoms with Crippen LogP contribution < -0.4 is 17.1 Å².